The Hall–Kier alpha value is -3.17. The maximum Gasteiger partial charge on any atom is 0.336 e. The Bertz CT molecular complexity index is 1180. The zero-order valence-corrected chi connectivity index (χ0v) is 15.1. The number of fused-ring (bicyclic) bond motifs is 1. The Morgan fingerprint density at radius 1 is 1.19 bits per heavy atom. The molecule has 0 unspecified atom stereocenters. The predicted molar refractivity (Wildman–Crippen MR) is 99.2 cm³/mol. The second-order valence-electron chi connectivity index (χ2n) is 5.75. The van der Waals surface area contributed by atoms with Crippen LogP contribution in [0.2, 0.25) is 0 Å². The molecule has 0 saturated carbocycles. The SMILES string of the molecule is COc1ccc2c(CC(=O)Nc3cccc(S(N)(=O)=O)c3)cc(=O)oc2c1. The number of sulfonamides is 1. The summed E-state index contributed by atoms with van der Waals surface area (Å²) >= 11 is 0. The molecule has 140 valence electrons. The van der Waals surface area contributed by atoms with Gasteiger partial charge in [-0.25, -0.2) is 18.4 Å². The largest absolute Gasteiger partial charge is 0.497 e. The fraction of sp³-hybridized carbons (Fsp3) is 0.111. The van der Waals surface area contributed by atoms with Crippen molar-refractivity contribution in [3.63, 3.8) is 0 Å². The molecular weight excluding hydrogens is 372 g/mol. The van der Waals surface area contributed by atoms with Crippen LogP contribution >= 0.6 is 0 Å². The molecule has 0 radical (unpaired) electrons. The van der Waals surface area contributed by atoms with Crippen LogP contribution in [-0.2, 0) is 21.2 Å². The normalized spacial score (nSPS) is 11.3. The van der Waals surface area contributed by atoms with Crippen LogP contribution in [0.4, 0.5) is 5.69 Å². The van der Waals surface area contributed by atoms with Gasteiger partial charge in [0.2, 0.25) is 15.9 Å². The van der Waals surface area contributed by atoms with Crippen LogP contribution in [0.15, 0.2) is 62.6 Å². The van der Waals surface area contributed by atoms with E-state index in [0.717, 1.165) is 0 Å². The molecule has 1 heterocycles. The Kier molecular flexibility index (Phi) is 4.98. The van der Waals surface area contributed by atoms with Crippen molar-refractivity contribution in [2.45, 2.75) is 11.3 Å². The first kappa shape index (κ1) is 18.6. The number of hydrogen-bond donors (Lipinski definition) is 2. The Labute approximate surface area is 154 Å². The van der Waals surface area contributed by atoms with Gasteiger partial charge in [0.1, 0.15) is 11.3 Å². The third-order valence-electron chi connectivity index (χ3n) is 3.83. The molecule has 0 saturated heterocycles. The number of primary sulfonamides is 1. The molecule has 3 rings (SSSR count). The topological polar surface area (TPSA) is 129 Å². The van der Waals surface area contributed by atoms with Crippen LogP contribution < -0.4 is 20.8 Å². The van der Waals surface area contributed by atoms with Crippen LogP contribution in [0.1, 0.15) is 5.56 Å². The number of rotatable bonds is 5. The van der Waals surface area contributed by atoms with Crippen LogP contribution in [0.3, 0.4) is 0 Å². The average molecular weight is 388 g/mol. The summed E-state index contributed by atoms with van der Waals surface area (Å²) in [4.78, 5) is 24.0. The van der Waals surface area contributed by atoms with E-state index in [4.69, 9.17) is 14.3 Å². The Morgan fingerprint density at radius 3 is 2.67 bits per heavy atom. The molecule has 0 aliphatic carbocycles. The molecule has 0 atom stereocenters. The third-order valence-corrected chi connectivity index (χ3v) is 4.75. The first-order valence-electron chi connectivity index (χ1n) is 7.80. The number of anilines is 1. The second-order valence-corrected chi connectivity index (χ2v) is 7.31. The number of benzene rings is 2. The van der Waals surface area contributed by atoms with E-state index in [-0.39, 0.29) is 17.0 Å². The monoisotopic (exact) mass is 388 g/mol. The molecule has 1 aromatic heterocycles. The second kappa shape index (κ2) is 7.22. The van der Waals surface area contributed by atoms with Crippen molar-refractivity contribution in [3.05, 3.63) is 64.5 Å². The van der Waals surface area contributed by atoms with Gasteiger partial charge in [-0.3, -0.25) is 4.79 Å². The molecule has 0 aliphatic heterocycles. The zero-order chi connectivity index (χ0) is 19.6. The molecule has 3 aromatic rings. The van der Waals surface area contributed by atoms with Gasteiger partial charge < -0.3 is 14.5 Å². The quantitative estimate of drug-likeness (QED) is 0.639. The molecule has 8 nitrogen and oxygen atoms in total. The molecule has 9 heteroatoms. The summed E-state index contributed by atoms with van der Waals surface area (Å²) < 4.78 is 33.1. The molecule has 1 amide bonds. The van der Waals surface area contributed by atoms with Crippen molar-refractivity contribution >= 4 is 32.6 Å². The maximum atomic E-state index is 12.4. The lowest BCUT2D eigenvalue weighted by Gasteiger charge is -2.09. The Balaban J connectivity index is 1.87. The number of carbonyl (C=O) groups is 1. The lowest BCUT2D eigenvalue weighted by atomic mass is 10.1. The average Bonchev–Trinajstić information content (AvgIpc) is 2.60. The van der Waals surface area contributed by atoms with Crippen molar-refractivity contribution in [1.29, 1.82) is 0 Å². The van der Waals surface area contributed by atoms with Gasteiger partial charge in [-0.2, -0.15) is 0 Å². The molecule has 3 N–H and O–H groups in total. The lowest BCUT2D eigenvalue weighted by Crippen LogP contribution is -2.17. The summed E-state index contributed by atoms with van der Waals surface area (Å²) in [7, 11) is -2.39. The number of ether oxygens (including phenoxy) is 1. The minimum atomic E-state index is -3.88. The number of carbonyl (C=O) groups excluding carboxylic acids is 1. The van der Waals surface area contributed by atoms with Crippen LogP contribution in [0, 0.1) is 0 Å². The molecular formula is C18H16N2O6S. The van der Waals surface area contributed by atoms with Gasteiger partial charge in [0, 0.05) is 23.2 Å². The molecule has 2 aromatic carbocycles. The van der Waals surface area contributed by atoms with Gasteiger partial charge in [0.25, 0.3) is 0 Å². The molecule has 0 spiro atoms. The fourth-order valence-corrected chi connectivity index (χ4v) is 3.17. The minimum absolute atomic E-state index is 0.103. The number of amides is 1. The van der Waals surface area contributed by atoms with Crippen molar-refractivity contribution in [2.24, 2.45) is 5.14 Å². The fourth-order valence-electron chi connectivity index (χ4n) is 2.61. The number of hydrogen-bond acceptors (Lipinski definition) is 6. The van der Waals surface area contributed by atoms with Crippen molar-refractivity contribution in [3.8, 4) is 5.75 Å². The smallest absolute Gasteiger partial charge is 0.336 e. The van der Waals surface area contributed by atoms with Crippen molar-refractivity contribution in [2.75, 3.05) is 12.4 Å². The third kappa shape index (κ3) is 4.33. The summed E-state index contributed by atoms with van der Waals surface area (Å²) in [6.07, 6.45) is -0.103. The van der Waals surface area contributed by atoms with Gasteiger partial charge in [-0.15, -0.1) is 0 Å². The number of nitrogens with two attached hydrogens (primary N) is 1. The van der Waals surface area contributed by atoms with E-state index in [1.54, 1.807) is 18.2 Å². The van der Waals surface area contributed by atoms with Gasteiger partial charge in [0.05, 0.1) is 18.4 Å². The van der Waals surface area contributed by atoms with Crippen LogP contribution in [0.5, 0.6) is 5.75 Å². The zero-order valence-electron chi connectivity index (χ0n) is 14.3. The highest BCUT2D eigenvalue weighted by atomic mass is 32.2. The first-order valence-corrected chi connectivity index (χ1v) is 9.34. The van der Waals surface area contributed by atoms with Gasteiger partial charge >= 0.3 is 5.63 Å². The van der Waals surface area contributed by atoms with Crippen LogP contribution in [-0.4, -0.2) is 21.4 Å². The number of methoxy groups -OCH3 is 1. The minimum Gasteiger partial charge on any atom is -0.497 e. The summed E-state index contributed by atoms with van der Waals surface area (Å²) in [5, 5.41) is 8.28. The van der Waals surface area contributed by atoms with E-state index < -0.39 is 21.6 Å². The summed E-state index contributed by atoms with van der Waals surface area (Å²) in [5.41, 5.74) is 0.472. The van der Waals surface area contributed by atoms with E-state index in [9.17, 15) is 18.0 Å². The van der Waals surface area contributed by atoms with E-state index in [1.807, 2.05) is 0 Å². The highest BCUT2D eigenvalue weighted by molar-refractivity contribution is 7.89. The standard InChI is InChI=1S/C18H16N2O6S/c1-25-13-5-6-15-11(8-18(22)26-16(15)10-13)7-17(21)20-12-3-2-4-14(9-12)27(19,23)24/h2-6,8-10H,7H2,1H3,(H,20,21)(H2,19,23,24). The van der Waals surface area contributed by atoms with E-state index >= 15 is 0 Å². The molecule has 0 bridgehead atoms. The summed E-state index contributed by atoms with van der Waals surface area (Å²) in [6, 6.07) is 11.8. The molecule has 27 heavy (non-hydrogen) atoms. The van der Waals surface area contributed by atoms with E-state index in [1.165, 1.54) is 37.4 Å². The highest BCUT2D eigenvalue weighted by Gasteiger charge is 2.13. The maximum absolute atomic E-state index is 12.4. The van der Waals surface area contributed by atoms with Gasteiger partial charge in [-0.05, 0) is 35.9 Å². The first-order chi connectivity index (χ1) is 12.8. The predicted octanol–water partition coefficient (Wildman–Crippen LogP) is 1.63. The van der Waals surface area contributed by atoms with Gasteiger partial charge in [0.15, 0.2) is 0 Å². The summed E-state index contributed by atoms with van der Waals surface area (Å²) in [6.45, 7) is 0. The summed E-state index contributed by atoms with van der Waals surface area (Å²) in [5.74, 6) is 0.0938. The van der Waals surface area contributed by atoms with Crippen molar-refractivity contribution < 1.29 is 22.4 Å². The molecule has 0 aliphatic rings. The van der Waals surface area contributed by atoms with E-state index in [0.29, 0.717) is 22.3 Å². The lowest BCUT2D eigenvalue weighted by molar-refractivity contribution is -0.115. The number of nitrogens with one attached hydrogen (secondary N) is 1. The molecule has 0 fully saturated rings. The van der Waals surface area contributed by atoms with Crippen LogP contribution in [0.25, 0.3) is 11.0 Å². The Morgan fingerprint density at radius 2 is 1.96 bits per heavy atom. The van der Waals surface area contributed by atoms with Crippen molar-refractivity contribution in [1.82, 2.24) is 0 Å². The van der Waals surface area contributed by atoms with E-state index in [2.05, 4.69) is 5.32 Å². The highest BCUT2D eigenvalue weighted by Crippen LogP contribution is 2.23. The van der Waals surface area contributed by atoms with Gasteiger partial charge in [-0.1, -0.05) is 6.07 Å².